The molecule has 0 bridgehead atoms. The molecule has 18 heavy (non-hydrogen) atoms. The summed E-state index contributed by atoms with van der Waals surface area (Å²) < 4.78 is 31.2. The maximum Gasteiger partial charge on any atom is 0.425 e. The van der Waals surface area contributed by atoms with E-state index in [2.05, 4.69) is 0 Å². The monoisotopic (exact) mass is 281 g/mol. The van der Waals surface area contributed by atoms with Crippen LogP contribution in [0.4, 0.5) is 4.79 Å². The average molecular weight is 281 g/mol. The van der Waals surface area contributed by atoms with Gasteiger partial charge in [0, 0.05) is 0 Å². The number of quaternary nitrogens is 1. The molecule has 0 aromatic heterocycles. The maximum atomic E-state index is 12.2. The lowest BCUT2D eigenvalue weighted by Gasteiger charge is -2.33. The Labute approximate surface area is 110 Å². The third-order valence-electron chi connectivity index (χ3n) is 2.85. The summed E-state index contributed by atoms with van der Waals surface area (Å²) in [5, 5.41) is 0. The highest BCUT2D eigenvalue weighted by molar-refractivity contribution is 7.84. The molecule has 0 spiro atoms. The van der Waals surface area contributed by atoms with Crippen molar-refractivity contribution in [3.05, 3.63) is 0 Å². The molecule has 0 unspecified atom stereocenters. The van der Waals surface area contributed by atoms with E-state index in [1.54, 1.807) is 41.5 Å². The molecule has 0 aliphatic rings. The van der Waals surface area contributed by atoms with Crippen molar-refractivity contribution in [3.63, 3.8) is 0 Å². The van der Waals surface area contributed by atoms with Crippen LogP contribution in [0.15, 0.2) is 0 Å². The minimum atomic E-state index is -3.79. The summed E-state index contributed by atoms with van der Waals surface area (Å²) in [5.74, 6) is 0. The normalized spacial score (nSPS) is 13.2. The number of nitrogens with one attached hydrogen (secondary N) is 1. The van der Waals surface area contributed by atoms with Gasteiger partial charge in [-0.15, -0.1) is 0 Å². The number of amides is 1. The number of rotatable bonds is 5. The number of ether oxygens (including phenoxy) is 1. The van der Waals surface area contributed by atoms with Crippen LogP contribution in [0.3, 0.4) is 0 Å². The van der Waals surface area contributed by atoms with Crippen LogP contribution in [0.25, 0.3) is 0 Å². The Morgan fingerprint density at radius 1 is 1.11 bits per heavy atom. The van der Waals surface area contributed by atoms with E-state index in [1.165, 1.54) is 0 Å². The van der Waals surface area contributed by atoms with Crippen molar-refractivity contribution in [2.24, 2.45) is 0 Å². The van der Waals surface area contributed by atoms with E-state index in [4.69, 9.17) is 4.74 Å². The molecular weight excluding hydrogens is 256 g/mol. The topological polar surface area (TPSA) is 72.5 Å². The summed E-state index contributed by atoms with van der Waals surface area (Å²) in [6, 6.07) is 0. The Morgan fingerprint density at radius 3 is 1.78 bits per heavy atom. The van der Waals surface area contributed by atoms with E-state index in [0.717, 1.165) is 0 Å². The summed E-state index contributed by atoms with van der Waals surface area (Å²) in [7, 11) is -3.79. The second-order valence-electron chi connectivity index (χ2n) is 5.09. The van der Waals surface area contributed by atoms with E-state index in [0.29, 0.717) is 19.6 Å². The summed E-state index contributed by atoms with van der Waals surface area (Å²) in [6.07, 6.45) is -0.930. The molecule has 0 rings (SSSR count). The molecular formula is C11H25N2O4S+. The Morgan fingerprint density at radius 2 is 1.50 bits per heavy atom. The Bertz CT molecular complexity index is 372. The molecule has 0 fully saturated rings. The first-order valence-corrected chi connectivity index (χ1v) is 7.59. The van der Waals surface area contributed by atoms with Crippen LogP contribution in [-0.4, -0.2) is 43.6 Å². The van der Waals surface area contributed by atoms with Gasteiger partial charge in [0.1, 0.15) is 5.60 Å². The lowest BCUT2D eigenvalue weighted by atomic mass is 10.2. The first-order valence-electron chi connectivity index (χ1n) is 6.15. The predicted octanol–water partition coefficient (Wildman–Crippen LogP) is 1.63. The summed E-state index contributed by atoms with van der Waals surface area (Å²) in [6.45, 7) is 11.6. The van der Waals surface area contributed by atoms with Crippen molar-refractivity contribution in [3.8, 4) is 0 Å². The van der Waals surface area contributed by atoms with Crippen LogP contribution in [0.5, 0.6) is 0 Å². The highest BCUT2D eigenvalue weighted by Gasteiger charge is 2.39. The van der Waals surface area contributed by atoms with Gasteiger partial charge in [0.15, 0.2) is 0 Å². The minimum absolute atomic E-state index is 0.188. The second-order valence-corrected chi connectivity index (χ2v) is 7.01. The Hall–Kier alpha value is -0.820. The summed E-state index contributed by atoms with van der Waals surface area (Å²) in [5.41, 5.74) is -0.722. The third kappa shape index (κ3) is 4.13. The number of nitrogens with zero attached hydrogens (tertiary/aromatic N) is 1. The lowest BCUT2D eigenvalue weighted by Crippen LogP contribution is -2.58. The molecule has 0 radical (unpaired) electrons. The van der Waals surface area contributed by atoms with Gasteiger partial charge in [-0.05, 0) is 41.5 Å². The average Bonchev–Trinajstić information content (AvgIpc) is 2.16. The highest BCUT2D eigenvalue weighted by Crippen LogP contribution is 2.14. The molecule has 0 aromatic rings. The van der Waals surface area contributed by atoms with E-state index < -0.39 is 21.9 Å². The number of hydrogen-bond acceptors (Lipinski definition) is 4. The number of hydrogen-bond donors (Lipinski definition) is 1. The van der Waals surface area contributed by atoms with Gasteiger partial charge in [0.25, 0.3) is 0 Å². The van der Waals surface area contributed by atoms with E-state index >= 15 is 0 Å². The first kappa shape index (κ1) is 17.2. The van der Waals surface area contributed by atoms with E-state index in [-0.39, 0.29) is 3.89 Å². The SMILES string of the molecule is CC[N+](CC)(CC)S(=O)(=O)NC(=O)OC(C)(C)C. The number of carbonyl (C=O) groups is 1. The number of carbonyl (C=O) groups excluding carboxylic acids is 1. The molecule has 0 saturated carbocycles. The molecule has 0 aromatic carbocycles. The van der Waals surface area contributed by atoms with E-state index in [9.17, 15) is 13.2 Å². The smallest absolute Gasteiger partial charge is 0.425 e. The van der Waals surface area contributed by atoms with Crippen molar-refractivity contribution in [2.75, 3.05) is 19.6 Å². The van der Waals surface area contributed by atoms with Crippen molar-refractivity contribution >= 4 is 16.3 Å². The van der Waals surface area contributed by atoms with Gasteiger partial charge in [0.2, 0.25) is 0 Å². The first-order chi connectivity index (χ1) is 8.03. The van der Waals surface area contributed by atoms with Gasteiger partial charge in [-0.25, -0.2) is 8.68 Å². The molecule has 0 heterocycles. The predicted molar refractivity (Wildman–Crippen MR) is 70.2 cm³/mol. The molecule has 1 amide bonds. The Kier molecular flexibility index (Phi) is 5.61. The molecule has 0 aliphatic carbocycles. The Balaban J connectivity index is 5.01. The quantitative estimate of drug-likeness (QED) is 0.777. The van der Waals surface area contributed by atoms with Crippen LogP contribution in [0.2, 0.25) is 0 Å². The molecule has 1 N–H and O–H groups in total. The molecule has 7 heteroatoms. The van der Waals surface area contributed by atoms with Crippen molar-refractivity contribution < 1.29 is 21.8 Å². The largest absolute Gasteiger partial charge is 0.443 e. The second kappa shape index (κ2) is 5.88. The van der Waals surface area contributed by atoms with Crippen LogP contribution in [-0.2, 0) is 14.9 Å². The molecule has 0 aliphatic heterocycles. The fraction of sp³-hybridized carbons (Fsp3) is 0.909. The fourth-order valence-electron chi connectivity index (χ4n) is 1.68. The van der Waals surface area contributed by atoms with Gasteiger partial charge < -0.3 is 4.74 Å². The van der Waals surface area contributed by atoms with Crippen molar-refractivity contribution in [1.29, 1.82) is 0 Å². The molecule has 0 saturated heterocycles. The molecule has 0 atom stereocenters. The molecule has 6 nitrogen and oxygen atoms in total. The van der Waals surface area contributed by atoms with Gasteiger partial charge in [0.05, 0.1) is 19.6 Å². The summed E-state index contributed by atoms with van der Waals surface area (Å²) >= 11 is 0. The van der Waals surface area contributed by atoms with Crippen LogP contribution >= 0.6 is 0 Å². The minimum Gasteiger partial charge on any atom is -0.443 e. The van der Waals surface area contributed by atoms with Crippen LogP contribution < -0.4 is 4.72 Å². The van der Waals surface area contributed by atoms with Gasteiger partial charge in [-0.2, -0.15) is 13.1 Å². The zero-order valence-electron chi connectivity index (χ0n) is 12.1. The zero-order valence-corrected chi connectivity index (χ0v) is 12.9. The van der Waals surface area contributed by atoms with Crippen LogP contribution in [0, 0.1) is 0 Å². The van der Waals surface area contributed by atoms with Gasteiger partial charge in [-0.1, -0.05) is 0 Å². The van der Waals surface area contributed by atoms with Crippen molar-refractivity contribution in [2.45, 2.75) is 47.1 Å². The highest BCUT2D eigenvalue weighted by atomic mass is 32.2. The third-order valence-corrected chi connectivity index (χ3v) is 5.07. The lowest BCUT2D eigenvalue weighted by molar-refractivity contribution is -0.801. The van der Waals surface area contributed by atoms with Crippen LogP contribution in [0.1, 0.15) is 41.5 Å². The standard InChI is InChI=1S/C11H24N2O4S/c1-7-13(8-2,9-3)18(15,16)12-10(14)17-11(4,5)6/h7-9H2,1-6H3/p+1. The zero-order chi connectivity index (χ0) is 14.6. The molecule has 108 valence electrons. The van der Waals surface area contributed by atoms with Crippen molar-refractivity contribution in [1.82, 2.24) is 4.72 Å². The summed E-state index contributed by atoms with van der Waals surface area (Å²) in [4.78, 5) is 11.5. The van der Waals surface area contributed by atoms with Gasteiger partial charge in [-0.3, -0.25) is 0 Å². The maximum absolute atomic E-state index is 12.2. The van der Waals surface area contributed by atoms with E-state index in [1.807, 2.05) is 4.72 Å². The van der Waals surface area contributed by atoms with Gasteiger partial charge >= 0.3 is 16.3 Å². The fourth-order valence-corrected chi connectivity index (χ4v) is 3.15.